The molecule has 0 saturated carbocycles. The molecule has 3 heterocycles. The largest absolute Gasteiger partial charge is 0.370 e. The number of aromatic nitrogens is 1. The van der Waals surface area contributed by atoms with Crippen LogP contribution in [0.15, 0.2) is 42.5 Å². The van der Waals surface area contributed by atoms with E-state index < -0.39 is 0 Å². The monoisotopic (exact) mass is 393 g/mol. The van der Waals surface area contributed by atoms with Gasteiger partial charge in [-0.1, -0.05) is 24.3 Å². The summed E-state index contributed by atoms with van der Waals surface area (Å²) in [5, 5.41) is 4.21. The van der Waals surface area contributed by atoms with Crippen LogP contribution >= 0.6 is 11.3 Å². The number of anilines is 1. The molecule has 3 aromatic rings. The van der Waals surface area contributed by atoms with Gasteiger partial charge in [0.05, 0.1) is 29.4 Å². The highest BCUT2D eigenvalue weighted by Gasteiger charge is 2.32. The highest BCUT2D eigenvalue weighted by molar-refractivity contribution is 7.18. The lowest BCUT2D eigenvalue weighted by atomic mass is 9.94. The molecule has 0 bridgehead atoms. The van der Waals surface area contributed by atoms with Crippen molar-refractivity contribution in [3.63, 3.8) is 0 Å². The number of carbonyl (C=O) groups excluding carboxylic acids is 1. The average Bonchev–Trinajstić information content (AvgIpc) is 3.23. The number of benzene rings is 2. The molecule has 1 N–H and O–H groups in total. The van der Waals surface area contributed by atoms with Gasteiger partial charge in [-0.25, -0.2) is 4.98 Å². The molecule has 2 aliphatic rings. The van der Waals surface area contributed by atoms with Crippen molar-refractivity contribution in [1.82, 2.24) is 10.3 Å². The molecule has 1 saturated heterocycles. The highest BCUT2D eigenvalue weighted by atomic mass is 32.1. The predicted molar refractivity (Wildman–Crippen MR) is 112 cm³/mol. The van der Waals surface area contributed by atoms with Gasteiger partial charge < -0.3 is 15.0 Å². The van der Waals surface area contributed by atoms with E-state index in [1.165, 1.54) is 21.5 Å². The Morgan fingerprint density at radius 1 is 1.29 bits per heavy atom. The minimum Gasteiger partial charge on any atom is -0.370 e. The SMILES string of the molecule is Cc1ccc2sc(CN3CC(CC4COCC(=O)N4)c4ccccc43)nc2c1. The van der Waals surface area contributed by atoms with Crippen LogP contribution in [0.1, 0.15) is 28.5 Å². The third-order valence-electron chi connectivity index (χ3n) is 5.56. The second kappa shape index (κ2) is 7.18. The van der Waals surface area contributed by atoms with Crippen molar-refractivity contribution in [2.75, 3.05) is 24.7 Å². The Balaban J connectivity index is 1.37. The van der Waals surface area contributed by atoms with Gasteiger partial charge in [0.25, 0.3) is 0 Å². The number of nitrogens with one attached hydrogen (secondary N) is 1. The smallest absolute Gasteiger partial charge is 0.246 e. The molecule has 2 aliphatic heterocycles. The number of carbonyl (C=O) groups is 1. The van der Waals surface area contributed by atoms with E-state index in [1.54, 1.807) is 11.3 Å². The van der Waals surface area contributed by atoms with Crippen LogP contribution in [0.4, 0.5) is 5.69 Å². The summed E-state index contributed by atoms with van der Waals surface area (Å²) in [6, 6.07) is 15.2. The van der Waals surface area contributed by atoms with Gasteiger partial charge >= 0.3 is 0 Å². The van der Waals surface area contributed by atoms with Crippen LogP contribution in [0, 0.1) is 6.92 Å². The van der Waals surface area contributed by atoms with E-state index in [4.69, 9.17) is 9.72 Å². The molecule has 144 valence electrons. The van der Waals surface area contributed by atoms with Crippen molar-refractivity contribution >= 4 is 33.1 Å². The van der Waals surface area contributed by atoms with E-state index in [-0.39, 0.29) is 18.6 Å². The zero-order valence-corrected chi connectivity index (χ0v) is 16.7. The third-order valence-corrected chi connectivity index (χ3v) is 6.58. The Morgan fingerprint density at radius 2 is 2.18 bits per heavy atom. The Labute approximate surface area is 168 Å². The van der Waals surface area contributed by atoms with Crippen molar-refractivity contribution in [2.24, 2.45) is 0 Å². The number of nitrogens with zero attached hydrogens (tertiary/aromatic N) is 2. The Hall–Kier alpha value is -2.44. The van der Waals surface area contributed by atoms with Crippen LogP contribution in [0.25, 0.3) is 10.2 Å². The fourth-order valence-corrected chi connectivity index (χ4v) is 5.29. The first-order valence-electron chi connectivity index (χ1n) is 9.73. The fourth-order valence-electron chi connectivity index (χ4n) is 4.33. The maximum absolute atomic E-state index is 11.7. The predicted octanol–water partition coefficient (Wildman–Crippen LogP) is 3.61. The summed E-state index contributed by atoms with van der Waals surface area (Å²) in [7, 11) is 0. The Morgan fingerprint density at radius 3 is 3.07 bits per heavy atom. The van der Waals surface area contributed by atoms with Gasteiger partial charge in [-0.3, -0.25) is 4.79 Å². The summed E-state index contributed by atoms with van der Waals surface area (Å²) >= 11 is 1.77. The minimum atomic E-state index is -0.0100. The van der Waals surface area contributed by atoms with Crippen LogP contribution in [-0.4, -0.2) is 36.7 Å². The van der Waals surface area contributed by atoms with E-state index in [9.17, 15) is 4.79 Å². The number of para-hydroxylation sites is 1. The first kappa shape index (κ1) is 17.6. The highest BCUT2D eigenvalue weighted by Crippen LogP contribution is 2.40. The van der Waals surface area contributed by atoms with Crippen molar-refractivity contribution in [2.45, 2.75) is 31.8 Å². The van der Waals surface area contributed by atoms with Crippen molar-refractivity contribution < 1.29 is 9.53 Å². The molecule has 2 unspecified atom stereocenters. The van der Waals surface area contributed by atoms with E-state index >= 15 is 0 Å². The van der Waals surface area contributed by atoms with Crippen LogP contribution in [-0.2, 0) is 16.1 Å². The zero-order valence-electron chi connectivity index (χ0n) is 15.9. The van der Waals surface area contributed by atoms with E-state index in [0.717, 1.165) is 30.0 Å². The maximum atomic E-state index is 11.7. The number of thiazole rings is 1. The first-order valence-corrected chi connectivity index (χ1v) is 10.5. The number of hydrogen-bond donors (Lipinski definition) is 1. The standard InChI is InChI=1S/C22H23N3O2S/c1-14-6-7-20-18(8-14)24-22(28-20)11-25-10-15(17-4-2-3-5-19(17)25)9-16-12-27-13-21(26)23-16/h2-8,15-16H,9-13H2,1H3,(H,23,26). The summed E-state index contributed by atoms with van der Waals surface area (Å²) in [6.45, 7) is 4.65. The molecule has 0 radical (unpaired) electrons. The zero-order chi connectivity index (χ0) is 19.1. The number of rotatable bonds is 4. The van der Waals surface area contributed by atoms with E-state index in [0.29, 0.717) is 12.5 Å². The number of amides is 1. The lowest BCUT2D eigenvalue weighted by Crippen LogP contribution is -2.46. The summed E-state index contributed by atoms with van der Waals surface area (Å²) in [6.07, 6.45) is 0.901. The molecule has 5 nitrogen and oxygen atoms in total. The van der Waals surface area contributed by atoms with Gasteiger partial charge in [0, 0.05) is 18.2 Å². The molecule has 5 rings (SSSR count). The second-order valence-electron chi connectivity index (χ2n) is 7.73. The van der Waals surface area contributed by atoms with Crippen molar-refractivity contribution in [3.8, 4) is 0 Å². The number of hydrogen-bond acceptors (Lipinski definition) is 5. The lowest BCUT2D eigenvalue weighted by molar-refractivity contribution is -0.131. The molecule has 0 aliphatic carbocycles. The van der Waals surface area contributed by atoms with Gasteiger partial charge in [-0.2, -0.15) is 0 Å². The number of fused-ring (bicyclic) bond motifs is 2. The van der Waals surface area contributed by atoms with Crippen LogP contribution in [0.5, 0.6) is 0 Å². The number of ether oxygens (including phenoxy) is 1. The summed E-state index contributed by atoms with van der Waals surface area (Å²) in [5.41, 5.74) is 4.98. The molecule has 1 amide bonds. The van der Waals surface area contributed by atoms with Crippen LogP contribution in [0.2, 0.25) is 0 Å². The van der Waals surface area contributed by atoms with Gasteiger partial charge in [0.2, 0.25) is 5.91 Å². The van der Waals surface area contributed by atoms with E-state index in [2.05, 4.69) is 59.6 Å². The topological polar surface area (TPSA) is 54.5 Å². The summed E-state index contributed by atoms with van der Waals surface area (Å²) in [4.78, 5) is 18.9. The van der Waals surface area contributed by atoms with Crippen molar-refractivity contribution in [3.05, 3.63) is 58.6 Å². The molecule has 0 spiro atoms. The Bertz CT molecular complexity index is 1030. The molecule has 2 aromatic carbocycles. The third kappa shape index (κ3) is 3.38. The fraction of sp³-hybridized carbons (Fsp3) is 0.364. The molecule has 1 fully saturated rings. The first-order chi connectivity index (χ1) is 13.7. The molecular formula is C22H23N3O2S. The van der Waals surface area contributed by atoms with Gasteiger partial charge in [-0.05, 0) is 42.7 Å². The molecule has 2 atom stereocenters. The average molecular weight is 394 g/mol. The molecular weight excluding hydrogens is 370 g/mol. The van der Waals surface area contributed by atoms with Crippen LogP contribution < -0.4 is 10.2 Å². The number of aryl methyl sites for hydroxylation is 1. The quantitative estimate of drug-likeness (QED) is 0.736. The van der Waals surface area contributed by atoms with Gasteiger partial charge in [0.15, 0.2) is 0 Å². The van der Waals surface area contributed by atoms with Gasteiger partial charge in [0.1, 0.15) is 11.6 Å². The minimum absolute atomic E-state index is 0.0100. The summed E-state index contributed by atoms with van der Waals surface area (Å²) < 4.78 is 6.67. The lowest BCUT2D eigenvalue weighted by Gasteiger charge is -2.26. The molecule has 28 heavy (non-hydrogen) atoms. The molecule has 1 aromatic heterocycles. The molecule has 6 heteroatoms. The van der Waals surface area contributed by atoms with E-state index in [1.807, 2.05) is 0 Å². The summed E-state index contributed by atoms with van der Waals surface area (Å²) in [5.74, 6) is 0.379. The Kier molecular flexibility index (Phi) is 4.53. The normalized spacial score (nSPS) is 21.8. The second-order valence-corrected chi connectivity index (χ2v) is 8.85. The maximum Gasteiger partial charge on any atom is 0.246 e. The number of morpholine rings is 1. The van der Waals surface area contributed by atoms with Crippen molar-refractivity contribution in [1.29, 1.82) is 0 Å². The van der Waals surface area contributed by atoms with Gasteiger partial charge in [-0.15, -0.1) is 11.3 Å². The van der Waals surface area contributed by atoms with Crippen LogP contribution in [0.3, 0.4) is 0 Å².